The van der Waals surface area contributed by atoms with Crippen LogP contribution >= 0.6 is 0 Å². The summed E-state index contributed by atoms with van der Waals surface area (Å²) in [5, 5.41) is 2.84. The predicted molar refractivity (Wildman–Crippen MR) is 90.5 cm³/mol. The number of nitrogens with zero attached hydrogens (tertiary/aromatic N) is 1. The van der Waals surface area contributed by atoms with Crippen LogP contribution in [0, 0.1) is 0 Å². The van der Waals surface area contributed by atoms with Crippen molar-refractivity contribution in [2.24, 2.45) is 0 Å². The van der Waals surface area contributed by atoms with Gasteiger partial charge in [0.15, 0.2) is 6.04 Å². The second kappa shape index (κ2) is 7.07. The number of alkyl halides is 3. The van der Waals surface area contributed by atoms with E-state index < -0.39 is 23.8 Å². The number of esters is 1. The molecule has 0 saturated carbocycles. The van der Waals surface area contributed by atoms with Crippen LogP contribution in [0.4, 0.5) is 19.1 Å². The first-order valence-corrected chi connectivity index (χ1v) is 7.93. The molecule has 2 N–H and O–H groups in total. The second-order valence-electron chi connectivity index (χ2n) is 5.56. The maximum absolute atomic E-state index is 13.0. The fourth-order valence-electron chi connectivity index (χ4n) is 2.56. The number of carbonyl (C=O) groups is 1. The van der Waals surface area contributed by atoms with Crippen molar-refractivity contribution in [2.75, 3.05) is 11.9 Å². The number of fused-ring (bicyclic) bond motifs is 1. The van der Waals surface area contributed by atoms with Crippen LogP contribution in [-0.4, -0.2) is 22.5 Å². The zero-order valence-electron chi connectivity index (χ0n) is 13.8. The summed E-state index contributed by atoms with van der Waals surface area (Å²) in [5.41, 5.74) is 0.706. The van der Waals surface area contributed by atoms with Gasteiger partial charge in [0, 0.05) is 0 Å². The molecule has 5 nitrogen and oxygen atoms in total. The third kappa shape index (κ3) is 3.79. The number of benzene rings is 2. The van der Waals surface area contributed by atoms with Crippen LogP contribution in [-0.2, 0) is 15.7 Å². The van der Waals surface area contributed by atoms with Gasteiger partial charge in [0.25, 0.3) is 0 Å². The number of imidazole rings is 1. The highest BCUT2D eigenvalue weighted by Gasteiger charge is 2.32. The third-order valence-corrected chi connectivity index (χ3v) is 3.74. The number of halogens is 3. The van der Waals surface area contributed by atoms with Gasteiger partial charge in [-0.1, -0.05) is 24.3 Å². The molecule has 1 aromatic heterocycles. The molecule has 0 amide bonds. The highest BCUT2D eigenvalue weighted by atomic mass is 19.4. The summed E-state index contributed by atoms with van der Waals surface area (Å²) < 4.78 is 44.0. The van der Waals surface area contributed by atoms with E-state index in [0.717, 1.165) is 17.6 Å². The number of hydrogen-bond acceptors (Lipinski definition) is 4. The molecule has 0 spiro atoms. The summed E-state index contributed by atoms with van der Waals surface area (Å²) in [6.07, 6.45) is -4.51. The fourth-order valence-corrected chi connectivity index (χ4v) is 2.56. The van der Waals surface area contributed by atoms with E-state index in [2.05, 4.69) is 15.3 Å². The van der Waals surface area contributed by atoms with Crippen LogP contribution < -0.4 is 5.32 Å². The van der Waals surface area contributed by atoms with Gasteiger partial charge in [-0.2, -0.15) is 13.2 Å². The minimum atomic E-state index is -4.51. The Morgan fingerprint density at radius 3 is 2.69 bits per heavy atom. The first-order valence-electron chi connectivity index (χ1n) is 7.93. The number of aromatic amines is 1. The van der Waals surface area contributed by atoms with Crippen molar-refractivity contribution in [3.63, 3.8) is 0 Å². The number of aromatic nitrogens is 2. The van der Waals surface area contributed by atoms with Crippen molar-refractivity contribution in [1.82, 2.24) is 9.97 Å². The number of H-pyrrole nitrogens is 1. The van der Waals surface area contributed by atoms with Gasteiger partial charge in [0.05, 0.1) is 23.2 Å². The van der Waals surface area contributed by atoms with Gasteiger partial charge in [0.2, 0.25) is 5.95 Å². The Kier molecular flexibility index (Phi) is 4.83. The second-order valence-corrected chi connectivity index (χ2v) is 5.56. The van der Waals surface area contributed by atoms with Crippen LogP contribution in [0.3, 0.4) is 0 Å². The Hall–Kier alpha value is -3.03. The lowest BCUT2D eigenvalue weighted by molar-refractivity contribution is -0.144. The number of rotatable bonds is 5. The number of carbonyl (C=O) groups excluding carboxylic acids is 1. The molecule has 0 radical (unpaired) electrons. The molecule has 0 aliphatic rings. The number of ether oxygens (including phenoxy) is 1. The molecule has 2 aromatic carbocycles. The maximum Gasteiger partial charge on any atom is 0.416 e. The zero-order valence-corrected chi connectivity index (χ0v) is 13.8. The maximum atomic E-state index is 13.0. The van der Waals surface area contributed by atoms with Crippen LogP contribution in [0.25, 0.3) is 11.0 Å². The highest BCUT2D eigenvalue weighted by molar-refractivity contribution is 5.82. The summed E-state index contributed by atoms with van der Waals surface area (Å²) in [5.74, 6) is -0.422. The van der Waals surface area contributed by atoms with Gasteiger partial charge in [-0.3, -0.25) is 0 Å². The summed E-state index contributed by atoms with van der Waals surface area (Å²) in [4.78, 5) is 19.6. The summed E-state index contributed by atoms with van der Waals surface area (Å²) >= 11 is 0. The van der Waals surface area contributed by atoms with E-state index in [1.54, 1.807) is 19.1 Å². The van der Waals surface area contributed by atoms with E-state index in [0.29, 0.717) is 5.52 Å². The number of nitrogens with one attached hydrogen (secondary N) is 2. The third-order valence-electron chi connectivity index (χ3n) is 3.74. The minimum absolute atomic E-state index is 0.107. The standard InChI is InChI=1S/C18H16F3N3O2/c1-2-26-16(25)15(11-6-5-7-12(10-11)18(19,20)21)24-17-22-13-8-3-4-9-14(13)23-17/h3-10,15H,2H2,1H3,(H2,22,23,24). The Morgan fingerprint density at radius 2 is 2.00 bits per heavy atom. The average molecular weight is 363 g/mol. The average Bonchev–Trinajstić information content (AvgIpc) is 3.02. The van der Waals surface area contributed by atoms with Gasteiger partial charge < -0.3 is 15.0 Å². The zero-order chi connectivity index (χ0) is 18.7. The van der Waals surface area contributed by atoms with E-state index >= 15 is 0 Å². The Bertz CT molecular complexity index is 888. The first kappa shape index (κ1) is 17.8. The van der Waals surface area contributed by atoms with Crippen LogP contribution in [0.5, 0.6) is 0 Å². The van der Waals surface area contributed by atoms with Crippen LogP contribution in [0.1, 0.15) is 24.1 Å². The fraction of sp³-hybridized carbons (Fsp3) is 0.222. The lowest BCUT2D eigenvalue weighted by Crippen LogP contribution is -2.24. The van der Waals surface area contributed by atoms with Crippen molar-refractivity contribution < 1.29 is 22.7 Å². The van der Waals surface area contributed by atoms with Crippen molar-refractivity contribution in [3.8, 4) is 0 Å². The molecule has 1 atom stereocenters. The highest BCUT2D eigenvalue weighted by Crippen LogP contribution is 2.31. The lowest BCUT2D eigenvalue weighted by atomic mass is 10.0. The van der Waals surface area contributed by atoms with Crippen molar-refractivity contribution in [3.05, 3.63) is 59.7 Å². The molecule has 3 aromatic rings. The largest absolute Gasteiger partial charge is 0.464 e. The number of anilines is 1. The summed E-state index contributed by atoms with van der Waals surface area (Å²) in [7, 11) is 0. The molecule has 0 saturated heterocycles. The predicted octanol–water partition coefficient (Wildman–Crippen LogP) is 4.30. The van der Waals surface area contributed by atoms with Crippen molar-refractivity contribution in [2.45, 2.75) is 19.1 Å². The molecule has 3 rings (SSSR count). The van der Waals surface area contributed by atoms with Crippen LogP contribution in [0.2, 0.25) is 0 Å². The molecule has 8 heteroatoms. The topological polar surface area (TPSA) is 67.0 Å². The molecule has 1 unspecified atom stereocenters. The normalized spacial score (nSPS) is 12.8. The Morgan fingerprint density at radius 1 is 1.23 bits per heavy atom. The van der Waals surface area contributed by atoms with E-state index in [4.69, 9.17) is 4.74 Å². The van der Waals surface area contributed by atoms with Gasteiger partial charge in [-0.05, 0) is 36.8 Å². The smallest absolute Gasteiger partial charge is 0.416 e. The van der Waals surface area contributed by atoms with Crippen LogP contribution in [0.15, 0.2) is 48.5 Å². The number of hydrogen-bond donors (Lipinski definition) is 2. The molecule has 26 heavy (non-hydrogen) atoms. The number of para-hydroxylation sites is 2. The first-order chi connectivity index (χ1) is 12.4. The molecule has 0 fully saturated rings. The molecule has 136 valence electrons. The Labute approximate surface area is 147 Å². The molecule has 0 bridgehead atoms. The molecule has 1 heterocycles. The quantitative estimate of drug-likeness (QED) is 0.664. The lowest BCUT2D eigenvalue weighted by Gasteiger charge is -2.18. The molecular weight excluding hydrogens is 347 g/mol. The van der Waals surface area contributed by atoms with E-state index in [1.807, 2.05) is 12.1 Å². The van der Waals surface area contributed by atoms with Gasteiger partial charge >= 0.3 is 12.1 Å². The van der Waals surface area contributed by atoms with Crippen molar-refractivity contribution in [1.29, 1.82) is 0 Å². The summed E-state index contributed by atoms with van der Waals surface area (Å²) in [6, 6.07) is 10.7. The summed E-state index contributed by atoms with van der Waals surface area (Å²) in [6.45, 7) is 1.73. The van der Waals surface area contributed by atoms with E-state index in [1.165, 1.54) is 12.1 Å². The molecule has 0 aliphatic carbocycles. The molecule has 0 aliphatic heterocycles. The van der Waals surface area contributed by atoms with Gasteiger partial charge in [-0.25, -0.2) is 9.78 Å². The van der Waals surface area contributed by atoms with Gasteiger partial charge in [-0.15, -0.1) is 0 Å². The SMILES string of the molecule is CCOC(=O)C(Nc1nc2ccccc2[nH]1)c1cccc(C(F)(F)F)c1. The van der Waals surface area contributed by atoms with E-state index in [-0.39, 0.29) is 18.1 Å². The van der Waals surface area contributed by atoms with Crippen molar-refractivity contribution >= 4 is 23.0 Å². The Balaban J connectivity index is 1.96. The minimum Gasteiger partial charge on any atom is -0.464 e. The monoisotopic (exact) mass is 363 g/mol. The van der Waals surface area contributed by atoms with Gasteiger partial charge in [0.1, 0.15) is 0 Å². The molecular formula is C18H16F3N3O2. The van der Waals surface area contributed by atoms with E-state index in [9.17, 15) is 18.0 Å².